The van der Waals surface area contributed by atoms with E-state index in [4.69, 9.17) is 11.6 Å². The van der Waals surface area contributed by atoms with E-state index in [-0.39, 0.29) is 5.91 Å². The van der Waals surface area contributed by atoms with Crippen LogP contribution in [0.15, 0.2) is 47.6 Å². The van der Waals surface area contributed by atoms with Crippen molar-refractivity contribution in [1.29, 1.82) is 0 Å². The number of carbonyl (C=O) groups excluding carboxylic acids is 1. The lowest BCUT2D eigenvalue weighted by Gasteiger charge is -2.12. The summed E-state index contributed by atoms with van der Waals surface area (Å²) in [6.45, 7) is 2.90. The molecular weight excluding hydrogens is 338 g/mol. The van der Waals surface area contributed by atoms with Crippen molar-refractivity contribution in [3.05, 3.63) is 58.9 Å². The van der Waals surface area contributed by atoms with Gasteiger partial charge >= 0.3 is 0 Å². The fourth-order valence-electron chi connectivity index (χ4n) is 2.15. The van der Waals surface area contributed by atoms with E-state index in [1.807, 2.05) is 37.3 Å². The highest BCUT2D eigenvalue weighted by atomic mass is 35.5. The first kappa shape index (κ1) is 18.7. The Hall–Kier alpha value is -2.60. The van der Waals surface area contributed by atoms with Crippen LogP contribution in [-0.4, -0.2) is 30.4 Å². The van der Waals surface area contributed by atoms with E-state index in [0.29, 0.717) is 30.5 Å². The number of amides is 1. The van der Waals surface area contributed by atoms with Gasteiger partial charge in [0.25, 0.3) is 0 Å². The summed E-state index contributed by atoms with van der Waals surface area (Å²) in [5, 5.41) is 9.76. The molecule has 1 aromatic heterocycles. The highest BCUT2D eigenvalue weighted by molar-refractivity contribution is 6.31. The zero-order valence-corrected chi connectivity index (χ0v) is 15.1. The minimum atomic E-state index is -0.0851. The number of nitrogens with zero attached hydrogens (tertiary/aromatic N) is 2. The Balaban J connectivity index is 1.74. The molecule has 6 nitrogen and oxygen atoms in total. The Kier molecular flexibility index (Phi) is 7.22. The van der Waals surface area contributed by atoms with Crippen molar-refractivity contribution in [1.82, 2.24) is 15.6 Å². The quantitative estimate of drug-likeness (QED) is 0.547. The van der Waals surface area contributed by atoms with Crippen molar-refractivity contribution in [2.45, 2.75) is 19.9 Å². The van der Waals surface area contributed by atoms with E-state index in [0.717, 1.165) is 16.9 Å². The van der Waals surface area contributed by atoms with E-state index < -0.39 is 0 Å². The van der Waals surface area contributed by atoms with Gasteiger partial charge in [0.15, 0.2) is 5.96 Å². The molecule has 0 saturated carbocycles. The topological polar surface area (TPSA) is 78.4 Å². The van der Waals surface area contributed by atoms with Crippen LogP contribution in [0.3, 0.4) is 0 Å². The third kappa shape index (κ3) is 6.08. The number of hydrogen-bond acceptors (Lipinski definition) is 3. The summed E-state index contributed by atoms with van der Waals surface area (Å²) in [4.78, 5) is 20.4. The maximum absolute atomic E-state index is 12.1. The molecule has 1 amide bonds. The fourth-order valence-corrected chi connectivity index (χ4v) is 2.32. The number of aliphatic imine (C=N–C) groups is 1. The van der Waals surface area contributed by atoms with E-state index >= 15 is 0 Å². The fraction of sp³-hybridized carbons (Fsp3) is 0.278. The highest BCUT2D eigenvalue weighted by Gasteiger charge is 2.07. The number of benzene rings is 1. The Labute approximate surface area is 152 Å². The first-order valence-electron chi connectivity index (χ1n) is 7.99. The van der Waals surface area contributed by atoms with Gasteiger partial charge in [0.1, 0.15) is 0 Å². The van der Waals surface area contributed by atoms with Gasteiger partial charge in [-0.3, -0.25) is 14.8 Å². The average molecular weight is 360 g/mol. The number of aromatic nitrogens is 1. The number of halogens is 1. The van der Waals surface area contributed by atoms with Crippen LogP contribution in [0.4, 0.5) is 5.69 Å². The number of guanidine groups is 1. The highest BCUT2D eigenvalue weighted by Crippen LogP contribution is 2.22. The van der Waals surface area contributed by atoms with E-state index in [9.17, 15) is 4.79 Å². The Morgan fingerprint density at radius 1 is 1.20 bits per heavy atom. The van der Waals surface area contributed by atoms with Crippen LogP contribution in [0.25, 0.3) is 0 Å². The number of rotatable bonds is 6. The second-order valence-electron chi connectivity index (χ2n) is 5.38. The Morgan fingerprint density at radius 3 is 2.76 bits per heavy atom. The summed E-state index contributed by atoms with van der Waals surface area (Å²) >= 11 is 6.05. The molecule has 0 saturated heterocycles. The normalized spacial score (nSPS) is 11.1. The molecule has 132 valence electrons. The van der Waals surface area contributed by atoms with Gasteiger partial charge in [-0.05, 0) is 36.8 Å². The maximum atomic E-state index is 12.1. The summed E-state index contributed by atoms with van der Waals surface area (Å²) in [5.41, 5.74) is 2.51. The standard InChI is InChI=1S/C18H22ClN5O/c1-13-15(19)7-5-8-16(13)24-17(25)9-11-22-18(20-2)23-12-14-6-3-4-10-21-14/h3-8,10H,9,11-12H2,1-2H3,(H,24,25)(H2,20,22,23). The van der Waals surface area contributed by atoms with Crippen LogP contribution in [0.5, 0.6) is 0 Å². The minimum Gasteiger partial charge on any atom is -0.356 e. The van der Waals surface area contributed by atoms with E-state index in [1.165, 1.54) is 0 Å². The summed E-state index contributed by atoms with van der Waals surface area (Å²) < 4.78 is 0. The molecule has 2 rings (SSSR count). The van der Waals surface area contributed by atoms with Crippen molar-refractivity contribution < 1.29 is 4.79 Å². The average Bonchev–Trinajstić information content (AvgIpc) is 2.62. The van der Waals surface area contributed by atoms with Crippen LogP contribution < -0.4 is 16.0 Å². The van der Waals surface area contributed by atoms with Crippen molar-refractivity contribution in [2.75, 3.05) is 18.9 Å². The maximum Gasteiger partial charge on any atom is 0.226 e. The van der Waals surface area contributed by atoms with Gasteiger partial charge in [0, 0.05) is 36.9 Å². The largest absolute Gasteiger partial charge is 0.356 e. The van der Waals surface area contributed by atoms with Crippen molar-refractivity contribution in [3.63, 3.8) is 0 Å². The minimum absolute atomic E-state index is 0.0851. The number of nitrogens with one attached hydrogen (secondary N) is 3. The number of carbonyl (C=O) groups is 1. The molecule has 0 aliphatic rings. The molecule has 0 unspecified atom stereocenters. The van der Waals surface area contributed by atoms with Gasteiger partial charge in [0.2, 0.25) is 5.91 Å². The molecule has 0 bridgehead atoms. The van der Waals surface area contributed by atoms with Gasteiger partial charge in [-0.2, -0.15) is 0 Å². The number of anilines is 1. The third-order valence-electron chi connectivity index (χ3n) is 3.57. The molecule has 0 radical (unpaired) electrons. The summed E-state index contributed by atoms with van der Waals surface area (Å²) in [7, 11) is 1.68. The number of pyridine rings is 1. The molecule has 7 heteroatoms. The van der Waals surface area contributed by atoms with Crippen molar-refractivity contribution in [3.8, 4) is 0 Å². The second kappa shape index (κ2) is 9.64. The second-order valence-corrected chi connectivity index (χ2v) is 5.79. The summed E-state index contributed by atoms with van der Waals surface area (Å²) in [6.07, 6.45) is 2.06. The number of hydrogen-bond donors (Lipinski definition) is 3. The van der Waals surface area contributed by atoms with Gasteiger partial charge in [-0.1, -0.05) is 23.7 Å². The third-order valence-corrected chi connectivity index (χ3v) is 3.98. The molecule has 1 heterocycles. The first-order chi connectivity index (χ1) is 12.1. The van der Waals surface area contributed by atoms with Crippen molar-refractivity contribution in [2.24, 2.45) is 4.99 Å². The smallest absolute Gasteiger partial charge is 0.226 e. The zero-order valence-electron chi connectivity index (χ0n) is 14.3. The van der Waals surface area contributed by atoms with E-state index in [2.05, 4.69) is 25.9 Å². The molecule has 0 atom stereocenters. The molecule has 0 aliphatic heterocycles. The van der Waals surface area contributed by atoms with Crippen LogP contribution >= 0.6 is 11.6 Å². The predicted molar refractivity (Wildman–Crippen MR) is 102 cm³/mol. The molecular formula is C18H22ClN5O. The molecule has 2 aromatic rings. The molecule has 25 heavy (non-hydrogen) atoms. The lowest BCUT2D eigenvalue weighted by atomic mass is 10.2. The molecule has 0 fully saturated rings. The zero-order chi connectivity index (χ0) is 18.1. The lowest BCUT2D eigenvalue weighted by molar-refractivity contribution is -0.116. The van der Waals surface area contributed by atoms with Gasteiger partial charge < -0.3 is 16.0 Å². The van der Waals surface area contributed by atoms with Crippen molar-refractivity contribution >= 4 is 29.2 Å². The van der Waals surface area contributed by atoms with Gasteiger partial charge in [0.05, 0.1) is 12.2 Å². The van der Waals surface area contributed by atoms with Crippen LogP contribution in [0.2, 0.25) is 5.02 Å². The Bertz CT molecular complexity index is 734. The van der Waals surface area contributed by atoms with Gasteiger partial charge in [-0.25, -0.2) is 0 Å². The van der Waals surface area contributed by atoms with E-state index in [1.54, 1.807) is 19.3 Å². The van der Waals surface area contributed by atoms with Crippen LogP contribution in [0.1, 0.15) is 17.7 Å². The lowest BCUT2D eigenvalue weighted by Crippen LogP contribution is -2.38. The Morgan fingerprint density at radius 2 is 2.04 bits per heavy atom. The first-order valence-corrected chi connectivity index (χ1v) is 8.37. The molecule has 0 aliphatic carbocycles. The molecule has 0 spiro atoms. The SMILES string of the molecule is CN=C(NCCC(=O)Nc1cccc(Cl)c1C)NCc1ccccn1. The van der Waals surface area contributed by atoms with Crippen LogP contribution in [0, 0.1) is 6.92 Å². The molecule has 3 N–H and O–H groups in total. The summed E-state index contributed by atoms with van der Waals surface area (Å²) in [5.74, 6) is 0.537. The monoisotopic (exact) mass is 359 g/mol. The predicted octanol–water partition coefficient (Wildman–Crippen LogP) is 2.74. The molecule has 1 aromatic carbocycles. The van der Waals surface area contributed by atoms with Gasteiger partial charge in [-0.15, -0.1) is 0 Å². The van der Waals surface area contributed by atoms with Crippen LogP contribution in [-0.2, 0) is 11.3 Å². The summed E-state index contributed by atoms with van der Waals surface area (Å²) in [6, 6.07) is 11.2.